The number of benzene rings is 1. The van der Waals surface area contributed by atoms with E-state index in [1.54, 1.807) is 12.1 Å². The van der Waals surface area contributed by atoms with Gasteiger partial charge in [0.15, 0.2) is 0 Å². The van der Waals surface area contributed by atoms with E-state index >= 15 is 0 Å². The smallest absolute Gasteiger partial charge is 1.00 e. The third-order valence-corrected chi connectivity index (χ3v) is 3.04. The zero-order valence-corrected chi connectivity index (χ0v) is 10.1. The van der Waals surface area contributed by atoms with Gasteiger partial charge in [-0.05, 0) is 12.1 Å². The predicted octanol–water partition coefficient (Wildman–Crippen LogP) is -5.87. The molecule has 1 aliphatic rings. The van der Waals surface area contributed by atoms with Gasteiger partial charge in [0.05, 0.1) is 5.56 Å². The second kappa shape index (κ2) is 4.39. The molecule has 70 valence electrons. The average molecular weight is 225 g/mol. The van der Waals surface area contributed by atoms with Gasteiger partial charge in [0.2, 0.25) is 0 Å². The van der Waals surface area contributed by atoms with Crippen molar-refractivity contribution in [3.05, 3.63) is 29.8 Å². The topological polar surface area (TPSA) is 63.2 Å². The van der Waals surface area contributed by atoms with Crippen molar-refractivity contribution in [1.29, 1.82) is 0 Å². The molecule has 14 heavy (non-hydrogen) atoms. The van der Waals surface area contributed by atoms with Gasteiger partial charge in [0, 0.05) is 0 Å². The molecule has 0 saturated carbocycles. The van der Waals surface area contributed by atoms with Crippen molar-refractivity contribution in [3.63, 3.8) is 0 Å². The quantitative estimate of drug-likeness (QED) is 0.447. The fourth-order valence-corrected chi connectivity index (χ4v) is 2.29. The number of sulfonamides is 1. The second-order valence-electron chi connectivity index (χ2n) is 2.43. The Hall–Kier alpha value is -0.430. The van der Waals surface area contributed by atoms with E-state index in [0.29, 0.717) is 0 Å². The summed E-state index contributed by atoms with van der Waals surface area (Å²) >= 11 is 0. The molecule has 0 aliphatic carbocycles. The van der Waals surface area contributed by atoms with Crippen LogP contribution in [0.15, 0.2) is 29.2 Å². The van der Waals surface area contributed by atoms with Crippen LogP contribution in [-0.2, 0) is 10.0 Å². The molecular weight excluding hydrogens is 220 g/mol. The van der Waals surface area contributed by atoms with E-state index in [9.17, 15) is 13.2 Å². The Morgan fingerprint density at radius 3 is 2.29 bits per heavy atom. The monoisotopic (exact) mass is 225 g/mol. The third kappa shape index (κ3) is 1.98. The summed E-state index contributed by atoms with van der Waals surface area (Å²) in [7, 11) is -3.55. The molecule has 0 fully saturated rings. The number of nitrogens with one attached hydrogen (secondary N) is 1. The third-order valence-electron chi connectivity index (χ3n) is 1.65. The Morgan fingerprint density at radius 2 is 1.71 bits per heavy atom. The van der Waals surface area contributed by atoms with Crippen molar-refractivity contribution < 1.29 is 47.5 Å². The molecule has 1 aromatic rings. The standard InChI is InChI=1S/C7H5NO3S.FH.Na/c9-7-5-3-1-2-4-6(5)12(10,11)8-7;;/h1-4H,(H,8,9);1H;/q;;+1/p-1. The van der Waals surface area contributed by atoms with Crippen LogP contribution in [0.2, 0.25) is 0 Å². The van der Waals surface area contributed by atoms with Crippen LogP contribution in [-0.4, -0.2) is 14.3 Å². The van der Waals surface area contributed by atoms with E-state index in [-0.39, 0.29) is 44.7 Å². The SMILES string of the molecule is O=C1NS(=O)(=O)c2ccccc21.[F-].[Na+]. The Kier molecular flexibility index (Phi) is 4.26. The molecule has 1 aliphatic heterocycles. The summed E-state index contributed by atoms with van der Waals surface area (Å²) in [6, 6.07) is 6.09. The number of fused-ring (bicyclic) bond motifs is 1. The maximum atomic E-state index is 11.1. The van der Waals surface area contributed by atoms with Gasteiger partial charge < -0.3 is 4.70 Å². The molecule has 1 heterocycles. The molecule has 0 radical (unpaired) electrons. The van der Waals surface area contributed by atoms with Gasteiger partial charge in [-0.2, -0.15) is 0 Å². The van der Waals surface area contributed by atoms with Crippen molar-refractivity contribution in [2.24, 2.45) is 0 Å². The first kappa shape index (κ1) is 13.6. The van der Waals surface area contributed by atoms with E-state index in [4.69, 9.17) is 0 Å². The van der Waals surface area contributed by atoms with Crippen molar-refractivity contribution in [2.75, 3.05) is 0 Å². The molecule has 0 spiro atoms. The molecule has 0 aromatic heterocycles. The molecule has 1 N–H and O–H groups in total. The molecular formula is C7H5FNNaO3S. The first-order valence-electron chi connectivity index (χ1n) is 3.27. The summed E-state index contributed by atoms with van der Waals surface area (Å²) < 4.78 is 24.2. The number of hydrogen-bond donors (Lipinski definition) is 1. The second-order valence-corrected chi connectivity index (χ2v) is 4.08. The Labute approximate surface area is 102 Å². The van der Waals surface area contributed by atoms with Crippen molar-refractivity contribution in [2.45, 2.75) is 4.90 Å². The van der Waals surface area contributed by atoms with Crippen LogP contribution in [0.5, 0.6) is 0 Å². The first-order valence-corrected chi connectivity index (χ1v) is 4.76. The average Bonchev–Trinajstić information content (AvgIpc) is 2.25. The van der Waals surface area contributed by atoms with Crippen molar-refractivity contribution >= 4 is 15.9 Å². The number of halogens is 1. The van der Waals surface area contributed by atoms with Gasteiger partial charge in [-0.25, -0.2) is 13.1 Å². The van der Waals surface area contributed by atoms with Crippen molar-refractivity contribution in [3.8, 4) is 0 Å². The number of amides is 1. The van der Waals surface area contributed by atoms with E-state index in [1.807, 2.05) is 4.72 Å². The summed E-state index contributed by atoms with van der Waals surface area (Å²) in [5.74, 6) is -0.550. The molecule has 1 amide bonds. The Morgan fingerprint density at radius 1 is 1.14 bits per heavy atom. The van der Waals surface area contributed by atoms with Crippen LogP contribution >= 0.6 is 0 Å². The van der Waals surface area contributed by atoms with Crippen LogP contribution in [0.4, 0.5) is 0 Å². The van der Waals surface area contributed by atoms with Crippen molar-refractivity contribution in [1.82, 2.24) is 4.72 Å². The van der Waals surface area contributed by atoms with Gasteiger partial charge >= 0.3 is 29.6 Å². The van der Waals surface area contributed by atoms with E-state index in [0.717, 1.165) is 0 Å². The predicted molar refractivity (Wildman–Crippen MR) is 41.1 cm³/mol. The summed E-state index contributed by atoms with van der Waals surface area (Å²) in [6.07, 6.45) is 0. The van der Waals surface area contributed by atoms with Crippen LogP contribution in [0, 0.1) is 0 Å². The molecule has 1 aromatic carbocycles. The Bertz CT molecular complexity index is 460. The normalized spacial score (nSPS) is 15.9. The van der Waals surface area contributed by atoms with Crippen LogP contribution in [0.25, 0.3) is 0 Å². The number of rotatable bonds is 0. The maximum Gasteiger partial charge on any atom is 1.00 e. The minimum Gasteiger partial charge on any atom is -1.00 e. The summed E-state index contributed by atoms with van der Waals surface area (Å²) in [4.78, 5) is 11.1. The zero-order valence-electron chi connectivity index (χ0n) is 7.32. The summed E-state index contributed by atoms with van der Waals surface area (Å²) in [6.45, 7) is 0. The van der Waals surface area contributed by atoms with Gasteiger partial charge in [0.1, 0.15) is 4.90 Å². The van der Waals surface area contributed by atoms with Gasteiger partial charge in [-0.1, -0.05) is 12.1 Å². The van der Waals surface area contributed by atoms with Gasteiger partial charge in [-0.15, -0.1) is 0 Å². The van der Waals surface area contributed by atoms with E-state index in [2.05, 4.69) is 0 Å². The number of carbonyl (C=O) groups is 1. The maximum absolute atomic E-state index is 11.1. The van der Waals surface area contributed by atoms with Gasteiger partial charge in [0.25, 0.3) is 15.9 Å². The Balaban J connectivity index is 0.000000845. The molecule has 0 atom stereocenters. The molecule has 0 bridgehead atoms. The molecule has 4 nitrogen and oxygen atoms in total. The minimum absolute atomic E-state index is 0. The van der Waals surface area contributed by atoms with Crippen LogP contribution < -0.4 is 39.0 Å². The van der Waals surface area contributed by atoms with E-state index in [1.165, 1.54) is 12.1 Å². The van der Waals surface area contributed by atoms with Crippen LogP contribution in [0.3, 0.4) is 0 Å². The fraction of sp³-hybridized carbons (Fsp3) is 0. The van der Waals surface area contributed by atoms with Gasteiger partial charge in [-0.3, -0.25) is 4.79 Å². The minimum atomic E-state index is -3.55. The molecule has 0 saturated heterocycles. The summed E-state index contributed by atoms with van der Waals surface area (Å²) in [5.41, 5.74) is 0.220. The number of carbonyl (C=O) groups excluding carboxylic acids is 1. The fourth-order valence-electron chi connectivity index (χ4n) is 1.12. The van der Waals surface area contributed by atoms with Crippen LogP contribution in [0.1, 0.15) is 10.4 Å². The van der Waals surface area contributed by atoms with E-state index < -0.39 is 15.9 Å². The largest absolute Gasteiger partial charge is 1.00 e. The molecule has 7 heteroatoms. The summed E-state index contributed by atoms with van der Waals surface area (Å²) in [5, 5.41) is 0. The zero-order chi connectivity index (χ0) is 8.77. The molecule has 0 unspecified atom stereocenters. The first-order chi connectivity index (χ1) is 5.61. The number of hydrogen-bond acceptors (Lipinski definition) is 3. The molecule has 2 rings (SSSR count).